The molecule has 1 aromatic heterocycles. The Kier molecular flexibility index (Phi) is 7.06. The first-order valence-electron chi connectivity index (χ1n) is 7.52. The monoisotopic (exact) mass is 452 g/mol. The predicted octanol–water partition coefficient (Wildman–Crippen LogP) is 3.24. The van der Waals surface area contributed by atoms with E-state index < -0.39 is 34.2 Å². The summed E-state index contributed by atoms with van der Waals surface area (Å²) in [6.45, 7) is 2.95. The van der Waals surface area contributed by atoms with Crippen LogP contribution >= 0.6 is 23.1 Å². The van der Waals surface area contributed by atoms with Gasteiger partial charge in [0, 0.05) is 5.75 Å². The lowest BCUT2D eigenvalue weighted by Gasteiger charge is -2.22. The van der Waals surface area contributed by atoms with Crippen molar-refractivity contribution in [1.82, 2.24) is 10.2 Å². The molecule has 0 bridgehead atoms. The van der Waals surface area contributed by atoms with Gasteiger partial charge in [-0.15, -0.1) is 16.8 Å². The van der Waals surface area contributed by atoms with Gasteiger partial charge in [0.2, 0.25) is 21.1 Å². The summed E-state index contributed by atoms with van der Waals surface area (Å²) in [5, 5.41) is 10.2. The molecule has 2 aromatic rings. The minimum atomic E-state index is -4.55. The quantitative estimate of drug-likeness (QED) is 0.376. The van der Waals surface area contributed by atoms with Gasteiger partial charge in [-0.25, -0.2) is 8.42 Å². The van der Waals surface area contributed by atoms with Crippen molar-refractivity contribution in [3.05, 3.63) is 42.5 Å². The fourth-order valence-electron chi connectivity index (χ4n) is 1.95. The van der Waals surface area contributed by atoms with Crippen molar-refractivity contribution >= 4 is 49.8 Å². The average molecular weight is 453 g/mol. The molecule has 0 spiro atoms. The largest absolute Gasteiger partial charge is 0.416 e. The number of nitrogens with one attached hydrogen (secondary N) is 1. The Hall–Kier alpha value is -2.12. The number of aromatic nitrogens is 2. The van der Waals surface area contributed by atoms with Crippen molar-refractivity contribution in [2.45, 2.75) is 10.5 Å². The third-order valence-electron chi connectivity index (χ3n) is 3.15. The standard InChI is InChI=1S/C15H15F3N4O3S3/c1-3-8-26-14-21-20-13(27-14)19-12(23)9-22(28(2,24)25)11-6-4-10(5-7-11)15(16,17)18/h3-7H,1,8-9H2,2H3,(H,19,20,23). The second-order valence-electron chi connectivity index (χ2n) is 5.34. The summed E-state index contributed by atoms with van der Waals surface area (Å²) in [5.74, 6) is -0.0972. The normalized spacial score (nSPS) is 11.9. The number of anilines is 2. The van der Waals surface area contributed by atoms with E-state index in [2.05, 4.69) is 22.1 Å². The second-order valence-corrected chi connectivity index (χ2v) is 9.49. The molecule has 0 aliphatic carbocycles. The van der Waals surface area contributed by atoms with Crippen molar-refractivity contribution in [3.8, 4) is 0 Å². The van der Waals surface area contributed by atoms with E-state index in [0.29, 0.717) is 14.4 Å². The van der Waals surface area contributed by atoms with Crippen LogP contribution in [-0.4, -0.2) is 43.1 Å². The highest BCUT2D eigenvalue weighted by molar-refractivity contribution is 8.01. The lowest BCUT2D eigenvalue weighted by molar-refractivity contribution is -0.137. The highest BCUT2D eigenvalue weighted by Crippen LogP contribution is 2.31. The summed E-state index contributed by atoms with van der Waals surface area (Å²) in [6.07, 6.45) is -2.02. The molecule has 1 aromatic carbocycles. The van der Waals surface area contributed by atoms with Crippen LogP contribution in [0.2, 0.25) is 0 Å². The Labute approximate surface area is 167 Å². The first-order valence-corrected chi connectivity index (χ1v) is 11.2. The van der Waals surface area contributed by atoms with Crippen LogP contribution in [0.1, 0.15) is 5.56 Å². The zero-order valence-corrected chi connectivity index (χ0v) is 16.9. The molecule has 0 aliphatic heterocycles. The molecule has 7 nitrogen and oxygen atoms in total. The van der Waals surface area contributed by atoms with Gasteiger partial charge in [0.05, 0.1) is 17.5 Å². The van der Waals surface area contributed by atoms with Gasteiger partial charge in [-0.3, -0.25) is 14.4 Å². The third-order valence-corrected chi connectivity index (χ3v) is 6.26. The maximum absolute atomic E-state index is 12.7. The highest BCUT2D eigenvalue weighted by atomic mass is 32.2. The SMILES string of the molecule is C=CCSc1nnc(NC(=O)CN(c2ccc(C(F)(F)F)cc2)S(C)(=O)=O)s1. The topological polar surface area (TPSA) is 92.3 Å². The van der Waals surface area contributed by atoms with Gasteiger partial charge in [0.1, 0.15) is 6.54 Å². The lowest BCUT2D eigenvalue weighted by atomic mass is 10.2. The zero-order valence-electron chi connectivity index (χ0n) is 14.4. The van der Waals surface area contributed by atoms with Crippen LogP contribution in [0.3, 0.4) is 0 Å². The van der Waals surface area contributed by atoms with E-state index in [-0.39, 0.29) is 10.8 Å². The van der Waals surface area contributed by atoms with Crippen molar-refractivity contribution in [2.75, 3.05) is 28.2 Å². The molecule has 0 radical (unpaired) electrons. The molecule has 0 aliphatic rings. The van der Waals surface area contributed by atoms with E-state index in [1.807, 2.05) is 0 Å². The van der Waals surface area contributed by atoms with Gasteiger partial charge < -0.3 is 0 Å². The Balaban J connectivity index is 2.13. The van der Waals surface area contributed by atoms with Crippen molar-refractivity contribution in [3.63, 3.8) is 0 Å². The summed E-state index contributed by atoms with van der Waals surface area (Å²) in [6, 6.07) is 3.48. The number of carbonyl (C=O) groups excluding carboxylic acids is 1. The van der Waals surface area contributed by atoms with E-state index in [0.717, 1.165) is 41.9 Å². The van der Waals surface area contributed by atoms with Crippen LogP contribution in [-0.2, 0) is 21.0 Å². The number of hydrogen-bond donors (Lipinski definition) is 1. The summed E-state index contributed by atoms with van der Waals surface area (Å²) in [5.41, 5.74) is -0.988. The molecule has 0 saturated heterocycles. The van der Waals surface area contributed by atoms with E-state index in [1.54, 1.807) is 6.08 Å². The van der Waals surface area contributed by atoms with Gasteiger partial charge in [0.15, 0.2) is 4.34 Å². The first kappa shape index (κ1) is 22.2. The molecule has 0 saturated carbocycles. The molecule has 1 N–H and O–H groups in total. The number of amides is 1. The van der Waals surface area contributed by atoms with Gasteiger partial charge in [0.25, 0.3) is 0 Å². The maximum Gasteiger partial charge on any atom is 0.416 e. The molecule has 2 rings (SSSR count). The van der Waals surface area contributed by atoms with Crippen molar-refractivity contribution < 1.29 is 26.4 Å². The van der Waals surface area contributed by atoms with Crippen LogP contribution in [0.4, 0.5) is 24.0 Å². The van der Waals surface area contributed by atoms with E-state index in [4.69, 9.17) is 0 Å². The summed E-state index contributed by atoms with van der Waals surface area (Å²) in [4.78, 5) is 12.2. The molecule has 0 unspecified atom stereocenters. The Morgan fingerprint density at radius 1 is 1.32 bits per heavy atom. The van der Waals surface area contributed by atoms with Crippen LogP contribution in [0, 0.1) is 0 Å². The molecule has 1 heterocycles. The molecule has 13 heteroatoms. The van der Waals surface area contributed by atoms with E-state index in [9.17, 15) is 26.4 Å². The molecular formula is C15H15F3N4O3S3. The van der Waals surface area contributed by atoms with Crippen LogP contribution < -0.4 is 9.62 Å². The number of rotatable bonds is 8. The van der Waals surface area contributed by atoms with Crippen LogP contribution in [0.5, 0.6) is 0 Å². The Morgan fingerprint density at radius 2 is 1.96 bits per heavy atom. The molecule has 0 fully saturated rings. The van der Waals surface area contributed by atoms with Crippen molar-refractivity contribution in [2.24, 2.45) is 0 Å². The summed E-state index contributed by atoms with van der Waals surface area (Å²) in [7, 11) is -3.92. The molecular weight excluding hydrogens is 437 g/mol. The Bertz CT molecular complexity index is 943. The molecule has 152 valence electrons. The number of nitrogens with zero attached hydrogens (tertiary/aromatic N) is 3. The number of carbonyl (C=O) groups is 1. The minimum absolute atomic E-state index is 0.0647. The summed E-state index contributed by atoms with van der Waals surface area (Å²) >= 11 is 2.47. The van der Waals surface area contributed by atoms with Crippen LogP contribution in [0.15, 0.2) is 41.3 Å². The number of halogens is 3. The van der Waals surface area contributed by atoms with Crippen LogP contribution in [0.25, 0.3) is 0 Å². The maximum atomic E-state index is 12.7. The fraction of sp³-hybridized carbons (Fsp3) is 0.267. The second kappa shape index (κ2) is 8.92. The minimum Gasteiger partial charge on any atom is -0.299 e. The van der Waals surface area contributed by atoms with Gasteiger partial charge in [-0.1, -0.05) is 29.2 Å². The Morgan fingerprint density at radius 3 is 2.50 bits per heavy atom. The summed E-state index contributed by atoms with van der Waals surface area (Å²) < 4.78 is 63.3. The van der Waals surface area contributed by atoms with Gasteiger partial charge >= 0.3 is 6.18 Å². The smallest absolute Gasteiger partial charge is 0.299 e. The fourth-order valence-corrected chi connectivity index (χ4v) is 4.34. The number of alkyl halides is 3. The lowest BCUT2D eigenvalue weighted by Crippen LogP contribution is -2.37. The number of sulfonamides is 1. The van der Waals surface area contributed by atoms with E-state index in [1.165, 1.54) is 11.8 Å². The number of thioether (sulfide) groups is 1. The number of benzene rings is 1. The average Bonchev–Trinajstić information content (AvgIpc) is 3.03. The zero-order chi connectivity index (χ0) is 20.9. The first-order chi connectivity index (χ1) is 13.0. The molecule has 1 amide bonds. The number of hydrogen-bond acceptors (Lipinski definition) is 7. The van der Waals surface area contributed by atoms with Crippen molar-refractivity contribution in [1.29, 1.82) is 0 Å². The van der Waals surface area contributed by atoms with Gasteiger partial charge in [-0.2, -0.15) is 13.2 Å². The third kappa shape index (κ3) is 6.21. The highest BCUT2D eigenvalue weighted by Gasteiger charge is 2.31. The molecule has 28 heavy (non-hydrogen) atoms. The predicted molar refractivity (Wildman–Crippen MR) is 103 cm³/mol. The molecule has 0 atom stereocenters. The van der Waals surface area contributed by atoms with Gasteiger partial charge in [-0.05, 0) is 24.3 Å². The van der Waals surface area contributed by atoms with E-state index >= 15 is 0 Å².